The molecule has 0 aliphatic carbocycles. The molecule has 6 heteroatoms. The second kappa shape index (κ2) is 6.12. The molecule has 1 aromatic rings. The average molecular weight is 337 g/mol. The van der Waals surface area contributed by atoms with Gasteiger partial charge in [-0.25, -0.2) is 0 Å². The Morgan fingerprint density at radius 3 is 2.81 bits per heavy atom. The molecule has 0 aromatic heterocycles. The number of benzene rings is 1. The van der Waals surface area contributed by atoms with Gasteiger partial charge in [0.05, 0.1) is 17.6 Å². The minimum atomic E-state index is -0.583. The van der Waals surface area contributed by atoms with Crippen LogP contribution in [0.2, 0.25) is 0 Å². The molecular formula is C10H12INO4. The molecule has 0 spiro atoms. The van der Waals surface area contributed by atoms with Crippen LogP contribution in [0.5, 0.6) is 0 Å². The van der Waals surface area contributed by atoms with E-state index in [4.69, 9.17) is 4.74 Å². The Morgan fingerprint density at radius 2 is 2.31 bits per heavy atom. The summed E-state index contributed by atoms with van der Waals surface area (Å²) >= 11 is 2.02. The van der Waals surface area contributed by atoms with Crippen molar-refractivity contribution in [1.29, 1.82) is 0 Å². The van der Waals surface area contributed by atoms with Crippen LogP contribution in [0.15, 0.2) is 18.2 Å². The Balaban J connectivity index is 2.79. The van der Waals surface area contributed by atoms with E-state index in [9.17, 15) is 15.2 Å². The molecule has 0 saturated carbocycles. The standard InChI is InChI=1S/C10H12INO4/c1-16-6-9(13)4-7-2-3-8(12(14)15)5-10(7)11/h2-3,5,9,13H,4,6H2,1H3. The van der Waals surface area contributed by atoms with Crippen molar-refractivity contribution < 1.29 is 14.8 Å². The van der Waals surface area contributed by atoms with Gasteiger partial charge in [0.25, 0.3) is 5.69 Å². The van der Waals surface area contributed by atoms with Crippen molar-refractivity contribution in [3.05, 3.63) is 37.4 Å². The fraction of sp³-hybridized carbons (Fsp3) is 0.400. The van der Waals surface area contributed by atoms with Gasteiger partial charge in [0.2, 0.25) is 0 Å². The van der Waals surface area contributed by atoms with Crippen LogP contribution in [0.1, 0.15) is 5.56 Å². The van der Waals surface area contributed by atoms with Crippen LogP contribution in [0.25, 0.3) is 0 Å². The van der Waals surface area contributed by atoms with Crippen LogP contribution in [0.3, 0.4) is 0 Å². The molecule has 0 aliphatic heterocycles. The van der Waals surface area contributed by atoms with Crippen molar-refractivity contribution >= 4 is 28.3 Å². The molecule has 5 nitrogen and oxygen atoms in total. The summed E-state index contributed by atoms with van der Waals surface area (Å²) < 4.78 is 5.60. The van der Waals surface area contributed by atoms with Gasteiger partial charge < -0.3 is 9.84 Å². The fourth-order valence-electron chi connectivity index (χ4n) is 1.32. The highest BCUT2D eigenvalue weighted by molar-refractivity contribution is 14.1. The fourth-order valence-corrected chi connectivity index (χ4v) is 2.04. The van der Waals surface area contributed by atoms with Gasteiger partial charge in [-0.1, -0.05) is 6.07 Å². The number of methoxy groups -OCH3 is 1. The number of hydrogen-bond acceptors (Lipinski definition) is 4. The largest absolute Gasteiger partial charge is 0.390 e. The molecule has 0 bridgehead atoms. The van der Waals surface area contributed by atoms with Crippen molar-refractivity contribution in [2.45, 2.75) is 12.5 Å². The summed E-state index contributed by atoms with van der Waals surface area (Å²) in [7, 11) is 1.52. The molecule has 1 N–H and O–H groups in total. The Kier molecular flexibility index (Phi) is 5.10. The zero-order valence-corrected chi connectivity index (χ0v) is 10.9. The van der Waals surface area contributed by atoms with Crippen molar-refractivity contribution in [2.75, 3.05) is 13.7 Å². The molecule has 0 saturated heterocycles. The van der Waals surface area contributed by atoms with Gasteiger partial charge in [-0.3, -0.25) is 10.1 Å². The minimum absolute atomic E-state index is 0.0642. The molecular weight excluding hydrogens is 325 g/mol. The molecule has 0 aliphatic rings. The topological polar surface area (TPSA) is 72.6 Å². The predicted molar refractivity (Wildman–Crippen MR) is 67.4 cm³/mol. The first-order valence-corrected chi connectivity index (χ1v) is 5.72. The third-order valence-corrected chi connectivity index (χ3v) is 3.07. The molecule has 88 valence electrons. The number of halogens is 1. The Hall–Kier alpha value is -0.730. The molecule has 1 rings (SSSR count). The van der Waals surface area contributed by atoms with Crippen LogP contribution in [0.4, 0.5) is 5.69 Å². The maximum absolute atomic E-state index is 10.5. The lowest BCUT2D eigenvalue weighted by Gasteiger charge is -2.10. The molecule has 1 aromatic carbocycles. The summed E-state index contributed by atoms with van der Waals surface area (Å²) in [6, 6.07) is 4.60. The number of aliphatic hydroxyl groups is 1. The first-order valence-electron chi connectivity index (χ1n) is 4.64. The van der Waals surface area contributed by atoms with Crippen LogP contribution in [-0.2, 0) is 11.2 Å². The number of non-ortho nitro benzene ring substituents is 1. The number of hydrogen-bond donors (Lipinski definition) is 1. The van der Waals surface area contributed by atoms with Crippen LogP contribution in [-0.4, -0.2) is 29.9 Å². The number of rotatable bonds is 5. The summed E-state index contributed by atoms with van der Waals surface area (Å²) in [6.45, 7) is 0.257. The number of nitro benzene ring substituents is 1. The van der Waals surface area contributed by atoms with E-state index in [1.165, 1.54) is 19.2 Å². The first-order chi connectivity index (χ1) is 7.54. The van der Waals surface area contributed by atoms with E-state index in [0.29, 0.717) is 6.42 Å². The number of nitro groups is 1. The van der Waals surface area contributed by atoms with Crippen LogP contribution < -0.4 is 0 Å². The first kappa shape index (κ1) is 13.3. The lowest BCUT2D eigenvalue weighted by atomic mass is 10.1. The van der Waals surface area contributed by atoms with Gasteiger partial charge in [-0.15, -0.1) is 0 Å². The lowest BCUT2D eigenvalue weighted by Crippen LogP contribution is -2.17. The molecule has 0 radical (unpaired) electrons. The van der Waals surface area contributed by atoms with Gasteiger partial charge in [0, 0.05) is 29.2 Å². The quantitative estimate of drug-likeness (QED) is 0.505. The monoisotopic (exact) mass is 337 g/mol. The normalized spacial score (nSPS) is 12.4. The number of nitrogens with zero attached hydrogens (tertiary/aromatic N) is 1. The van der Waals surface area contributed by atoms with Gasteiger partial charge in [-0.05, 0) is 28.2 Å². The van der Waals surface area contributed by atoms with Gasteiger partial charge >= 0.3 is 0 Å². The molecule has 0 amide bonds. The Labute approximate surface area is 107 Å². The van der Waals surface area contributed by atoms with Crippen LogP contribution >= 0.6 is 22.6 Å². The number of ether oxygens (including phenoxy) is 1. The van der Waals surface area contributed by atoms with Crippen molar-refractivity contribution in [3.8, 4) is 0 Å². The maximum atomic E-state index is 10.5. The van der Waals surface area contributed by atoms with E-state index in [2.05, 4.69) is 0 Å². The molecule has 0 fully saturated rings. The molecule has 1 atom stereocenters. The second-order valence-electron chi connectivity index (χ2n) is 3.35. The van der Waals surface area contributed by atoms with Crippen molar-refractivity contribution in [2.24, 2.45) is 0 Å². The van der Waals surface area contributed by atoms with E-state index in [0.717, 1.165) is 9.13 Å². The highest BCUT2D eigenvalue weighted by Crippen LogP contribution is 2.20. The zero-order chi connectivity index (χ0) is 12.1. The van der Waals surface area contributed by atoms with Gasteiger partial charge in [0.15, 0.2) is 0 Å². The van der Waals surface area contributed by atoms with Crippen molar-refractivity contribution in [1.82, 2.24) is 0 Å². The van der Waals surface area contributed by atoms with Gasteiger partial charge in [-0.2, -0.15) is 0 Å². The summed E-state index contributed by atoms with van der Waals surface area (Å²) in [6.07, 6.45) is -0.149. The second-order valence-corrected chi connectivity index (χ2v) is 4.51. The lowest BCUT2D eigenvalue weighted by molar-refractivity contribution is -0.385. The van der Waals surface area contributed by atoms with E-state index in [-0.39, 0.29) is 12.3 Å². The molecule has 16 heavy (non-hydrogen) atoms. The smallest absolute Gasteiger partial charge is 0.270 e. The summed E-state index contributed by atoms with van der Waals surface area (Å²) in [4.78, 5) is 10.1. The maximum Gasteiger partial charge on any atom is 0.270 e. The van der Waals surface area contributed by atoms with E-state index >= 15 is 0 Å². The highest BCUT2D eigenvalue weighted by atomic mass is 127. The van der Waals surface area contributed by atoms with Gasteiger partial charge in [0.1, 0.15) is 0 Å². The Morgan fingerprint density at radius 1 is 1.62 bits per heavy atom. The van der Waals surface area contributed by atoms with Crippen LogP contribution in [0, 0.1) is 13.7 Å². The summed E-state index contributed by atoms with van der Waals surface area (Å²) in [5.41, 5.74) is 0.949. The predicted octanol–water partition coefficient (Wildman–Crippen LogP) is 1.75. The molecule has 0 heterocycles. The minimum Gasteiger partial charge on any atom is -0.390 e. The van der Waals surface area contributed by atoms with E-state index < -0.39 is 11.0 Å². The summed E-state index contributed by atoms with van der Waals surface area (Å²) in [5, 5.41) is 20.1. The summed E-state index contributed by atoms with van der Waals surface area (Å²) in [5.74, 6) is 0. The molecule has 1 unspecified atom stereocenters. The van der Waals surface area contributed by atoms with E-state index in [1.807, 2.05) is 22.6 Å². The number of aliphatic hydroxyl groups excluding tert-OH is 1. The Bertz CT molecular complexity index is 383. The average Bonchev–Trinajstić information content (AvgIpc) is 2.21. The van der Waals surface area contributed by atoms with Crippen molar-refractivity contribution in [3.63, 3.8) is 0 Å². The zero-order valence-electron chi connectivity index (χ0n) is 8.72. The third-order valence-electron chi connectivity index (χ3n) is 2.06. The third kappa shape index (κ3) is 3.69. The SMILES string of the molecule is COCC(O)Cc1ccc([N+](=O)[O-])cc1I. The highest BCUT2D eigenvalue weighted by Gasteiger charge is 2.12. The van der Waals surface area contributed by atoms with E-state index in [1.54, 1.807) is 6.07 Å².